The van der Waals surface area contributed by atoms with Gasteiger partial charge in [-0.25, -0.2) is 15.0 Å². The molecule has 6 N–H and O–H groups in total. The molecule has 0 atom stereocenters. The summed E-state index contributed by atoms with van der Waals surface area (Å²) in [5.41, 5.74) is 18.6. The Kier molecular flexibility index (Phi) is 6.30. The van der Waals surface area contributed by atoms with Crippen LogP contribution in [0, 0.1) is 0 Å². The van der Waals surface area contributed by atoms with E-state index in [0.717, 1.165) is 36.1 Å². The van der Waals surface area contributed by atoms with Gasteiger partial charge in [0.1, 0.15) is 11.3 Å². The summed E-state index contributed by atoms with van der Waals surface area (Å²) < 4.78 is 1.98. The summed E-state index contributed by atoms with van der Waals surface area (Å²) in [6.07, 6.45) is 4.77. The summed E-state index contributed by atoms with van der Waals surface area (Å²) in [7, 11) is 0. The number of carbonyl (C=O) groups is 1. The number of nitrogens with two attached hydrogens (primary N) is 2. The van der Waals surface area contributed by atoms with E-state index in [0.29, 0.717) is 39.6 Å². The minimum absolute atomic E-state index is 0.120. The Labute approximate surface area is 225 Å². The molecule has 1 aliphatic carbocycles. The van der Waals surface area contributed by atoms with Crippen LogP contribution in [-0.4, -0.2) is 43.7 Å². The first-order valence-electron chi connectivity index (χ1n) is 13.0. The van der Waals surface area contributed by atoms with Gasteiger partial charge in [-0.05, 0) is 73.4 Å². The maximum Gasteiger partial charge on any atom is 0.251 e. The Morgan fingerprint density at radius 3 is 2.56 bits per heavy atom. The smallest absolute Gasteiger partial charge is 0.251 e. The number of nitrogens with one attached hydrogen (secondary N) is 1. The van der Waals surface area contributed by atoms with E-state index in [1.54, 1.807) is 18.3 Å². The summed E-state index contributed by atoms with van der Waals surface area (Å²) in [6.45, 7) is 0.0709. The molecule has 0 aliphatic heterocycles. The molecule has 1 saturated carbocycles. The Balaban J connectivity index is 1.49. The van der Waals surface area contributed by atoms with Gasteiger partial charge in [-0.2, -0.15) is 0 Å². The largest absolute Gasteiger partial charge is 0.395 e. The summed E-state index contributed by atoms with van der Waals surface area (Å²) >= 11 is 0. The van der Waals surface area contributed by atoms with E-state index in [4.69, 9.17) is 26.5 Å². The molecule has 39 heavy (non-hydrogen) atoms. The zero-order chi connectivity index (χ0) is 27.0. The predicted octanol–water partition coefficient (Wildman–Crippen LogP) is 3.79. The summed E-state index contributed by atoms with van der Waals surface area (Å²) in [4.78, 5) is 26.6. The van der Waals surface area contributed by atoms with Gasteiger partial charge < -0.3 is 21.9 Å². The normalized spacial score (nSPS) is 14.2. The van der Waals surface area contributed by atoms with Crippen LogP contribution in [0.1, 0.15) is 35.2 Å². The molecule has 0 bridgehead atoms. The molecule has 1 amide bonds. The summed E-state index contributed by atoms with van der Waals surface area (Å²) in [5.74, 6) is 0.759. The van der Waals surface area contributed by atoms with Gasteiger partial charge in [0, 0.05) is 35.1 Å². The third-order valence-corrected chi connectivity index (χ3v) is 7.35. The van der Waals surface area contributed by atoms with Crippen molar-refractivity contribution in [1.29, 1.82) is 0 Å². The van der Waals surface area contributed by atoms with E-state index in [9.17, 15) is 4.79 Å². The highest BCUT2D eigenvalue weighted by molar-refractivity contribution is 5.95. The Bertz CT molecular complexity index is 1670. The Morgan fingerprint density at radius 1 is 1.03 bits per heavy atom. The van der Waals surface area contributed by atoms with Crippen molar-refractivity contribution in [2.75, 3.05) is 18.9 Å². The molecule has 1 aliphatic rings. The molecule has 0 spiro atoms. The highest BCUT2D eigenvalue weighted by Crippen LogP contribution is 2.39. The lowest BCUT2D eigenvalue weighted by Gasteiger charge is -2.38. The molecule has 1 fully saturated rings. The van der Waals surface area contributed by atoms with E-state index in [1.165, 1.54) is 0 Å². The number of nitrogens with zero attached hydrogens (tertiary/aromatic N) is 4. The van der Waals surface area contributed by atoms with E-state index in [-0.39, 0.29) is 24.6 Å². The van der Waals surface area contributed by atoms with Crippen molar-refractivity contribution in [2.24, 2.45) is 5.73 Å². The number of pyridine rings is 2. The molecule has 9 heteroatoms. The van der Waals surface area contributed by atoms with Crippen LogP contribution in [-0.2, 0) is 5.54 Å². The van der Waals surface area contributed by atoms with E-state index >= 15 is 0 Å². The van der Waals surface area contributed by atoms with Crippen LogP contribution in [0.3, 0.4) is 0 Å². The number of hydrogen-bond donors (Lipinski definition) is 4. The standard InChI is InChI=1S/C30H29N7O2/c31-26-23(6-2-15-33-26)27-36-25-12-11-24(19-4-1-5-20(18-19)29(39)34-16-17-38)35-28(25)37(27)22-9-7-21(8-10-22)30(32)13-3-14-30/h1-2,4-12,15,18,38H,3,13-14,16-17,32H2,(H2,31,33)(H,34,39). The molecule has 2 aromatic carbocycles. The molecular weight excluding hydrogens is 490 g/mol. The van der Waals surface area contributed by atoms with Gasteiger partial charge in [-0.3, -0.25) is 9.36 Å². The average molecular weight is 520 g/mol. The number of aromatic nitrogens is 4. The van der Waals surface area contributed by atoms with E-state index < -0.39 is 0 Å². The number of nitrogen functional groups attached to an aromatic ring is 1. The summed E-state index contributed by atoms with van der Waals surface area (Å²) in [6, 6.07) is 23.0. The van der Waals surface area contributed by atoms with Crippen molar-refractivity contribution in [2.45, 2.75) is 24.8 Å². The molecule has 3 aromatic heterocycles. The van der Waals surface area contributed by atoms with Crippen LogP contribution in [0.15, 0.2) is 79.0 Å². The number of amides is 1. The van der Waals surface area contributed by atoms with Crippen molar-refractivity contribution < 1.29 is 9.90 Å². The second-order valence-electron chi connectivity index (χ2n) is 9.86. The minimum Gasteiger partial charge on any atom is -0.395 e. The van der Waals surface area contributed by atoms with Gasteiger partial charge in [-0.1, -0.05) is 24.3 Å². The maximum absolute atomic E-state index is 12.5. The second-order valence-corrected chi connectivity index (χ2v) is 9.86. The first-order chi connectivity index (χ1) is 19.0. The van der Waals surface area contributed by atoms with Crippen molar-refractivity contribution in [3.8, 4) is 28.3 Å². The topological polar surface area (TPSA) is 145 Å². The number of benzene rings is 2. The molecule has 6 rings (SSSR count). The predicted molar refractivity (Wildman–Crippen MR) is 151 cm³/mol. The molecule has 196 valence electrons. The van der Waals surface area contributed by atoms with Gasteiger partial charge in [0.25, 0.3) is 5.91 Å². The molecule has 0 unspecified atom stereocenters. The Hall–Kier alpha value is -4.60. The number of fused-ring (bicyclic) bond motifs is 1. The highest BCUT2D eigenvalue weighted by atomic mass is 16.3. The van der Waals surface area contributed by atoms with Crippen molar-refractivity contribution in [3.05, 3.63) is 90.1 Å². The number of rotatable bonds is 7. The SMILES string of the molecule is Nc1ncccc1-c1nc2ccc(-c3cccc(C(=O)NCCO)c3)nc2n1-c1ccc(C2(N)CCC2)cc1. The molecule has 5 aromatic rings. The van der Waals surface area contributed by atoms with E-state index in [2.05, 4.69) is 22.4 Å². The molecule has 3 heterocycles. The van der Waals surface area contributed by atoms with Crippen molar-refractivity contribution in [3.63, 3.8) is 0 Å². The van der Waals surface area contributed by atoms with Gasteiger partial charge in [0.15, 0.2) is 11.5 Å². The first-order valence-corrected chi connectivity index (χ1v) is 13.0. The minimum atomic E-state index is -0.258. The number of anilines is 1. The highest BCUT2D eigenvalue weighted by Gasteiger charge is 2.34. The Morgan fingerprint density at radius 2 is 1.85 bits per heavy atom. The lowest BCUT2D eigenvalue weighted by Crippen LogP contribution is -2.43. The fraction of sp³-hybridized carbons (Fsp3) is 0.200. The van der Waals surface area contributed by atoms with Crippen LogP contribution in [0.2, 0.25) is 0 Å². The van der Waals surface area contributed by atoms with Crippen LogP contribution in [0.5, 0.6) is 0 Å². The number of hydrogen-bond acceptors (Lipinski definition) is 7. The third-order valence-electron chi connectivity index (χ3n) is 7.35. The third kappa shape index (κ3) is 4.52. The maximum atomic E-state index is 12.5. The van der Waals surface area contributed by atoms with Crippen LogP contribution in [0.25, 0.3) is 39.5 Å². The lowest BCUT2D eigenvalue weighted by atomic mass is 9.73. The van der Waals surface area contributed by atoms with Crippen LogP contribution in [0.4, 0.5) is 5.82 Å². The molecule has 9 nitrogen and oxygen atoms in total. The monoisotopic (exact) mass is 519 g/mol. The van der Waals surface area contributed by atoms with Crippen molar-refractivity contribution >= 4 is 22.9 Å². The quantitative estimate of drug-likeness (QED) is 0.256. The summed E-state index contributed by atoms with van der Waals surface area (Å²) in [5, 5.41) is 11.7. The molecule has 0 radical (unpaired) electrons. The van der Waals surface area contributed by atoms with Gasteiger partial charge in [0.2, 0.25) is 0 Å². The molecule has 0 saturated heterocycles. The van der Waals surface area contributed by atoms with Gasteiger partial charge in [0.05, 0.1) is 17.9 Å². The lowest BCUT2D eigenvalue weighted by molar-refractivity contribution is 0.0945. The average Bonchev–Trinajstić information content (AvgIpc) is 3.33. The van der Waals surface area contributed by atoms with Crippen LogP contribution < -0.4 is 16.8 Å². The number of imidazole rings is 1. The fourth-order valence-corrected chi connectivity index (χ4v) is 5.03. The zero-order valence-corrected chi connectivity index (χ0v) is 21.3. The number of aliphatic hydroxyl groups is 1. The number of carbonyl (C=O) groups excluding carboxylic acids is 1. The first kappa shape index (κ1) is 24.7. The van der Waals surface area contributed by atoms with E-state index in [1.807, 2.05) is 53.1 Å². The molecular formula is C30H29N7O2. The van der Waals surface area contributed by atoms with Gasteiger partial charge in [-0.15, -0.1) is 0 Å². The fourth-order valence-electron chi connectivity index (χ4n) is 5.03. The number of aliphatic hydroxyl groups excluding tert-OH is 1. The van der Waals surface area contributed by atoms with Crippen LogP contribution >= 0.6 is 0 Å². The zero-order valence-electron chi connectivity index (χ0n) is 21.3. The van der Waals surface area contributed by atoms with Crippen molar-refractivity contribution in [1.82, 2.24) is 24.8 Å². The van der Waals surface area contributed by atoms with Gasteiger partial charge >= 0.3 is 0 Å². The second kappa shape index (κ2) is 9.94.